The van der Waals surface area contributed by atoms with E-state index in [1.807, 2.05) is 5.32 Å². The Bertz CT molecular complexity index is 578. The quantitative estimate of drug-likeness (QED) is 0.493. The van der Waals surface area contributed by atoms with Crippen LogP contribution in [0.15, 0.2) is 12.1 Å². The van der Waals surface area contributed by atoms with Gasteiger partial charge in [0.2, 0.25) is 11.7 Å². The summed E-state index contributed by atoms with van der Waals surface area (Å²) in [7, 11) is 0. The molecule has 1 atom stereocenters. The van der Waals surface area contributed by atoms with Crippen LogP contribution in [0.2, 0.25) is 0 Å². The number of nitrogens with zero attached hydrogens (tertiary/aromatic N) is 1. The molecule has 0 aromatic heterocycles. The van der Waals surface area contributed by atoms with Gasteiger partial charge >= 0.3 is 5.69 Å². The van der Waals surface area contributed by atoms with Crippen LogP contribution >= 0.6 is 0 Å². The highest BCUT2D eigenvalue weighted by molar-refractivity contribution is 5.95. The molecule has 0 spiro atoms. The summed E-state index contributed by atoms with van der Waals surface area (Å²) in [4.78, 5) is 31.2. The van der Waals surface area contributed by atoms with Crippen LogP contribution in [0, 0.1) is 21.7 Å². The number of aliphatic hydroxyl groups is 1. The second-order valence-electron chi connectivity index (χ2n) is 3.67. The van der Waals surface area contributed by atoms with E-state index in [0.29, 0.717) is 6.07 Å². The number of nitrogens with two attached hydrogens (primary N) is 1. The van der Waals surface area contributed by atoms with E-state index in [0.717, 1.165) is 0 Å². The smallest absolute Gasteiger partial charge is 0.307 e. The zero-order valence-electron chi connectivity index (χ0n) is 9.80. The van der Waals surface area contributed by atoms with Gasteiger partial charge in [0.15, 0.2) is 0 Å². The van der Waals surface area contributed by atoms with Gasteiger partial charge in [0.25, 0.3) is 5.91 Å². The standard InChI is InChI=1S/C10H9F2N3O5/c11-5-2-7(15(19)20)6(12)1-4(5)10(18)14-3-8(16)9(13)17/h1-2,8,16H,3H2,(H2,13,17)(H,14,18). The third kappa shape index (κ3) is 3.45. The molecule has 0 aliphatic rings. The summed E-state index contributed by atoms with van der Waals surface area (Å²) in [5, 5.41) is 21.3. The highest BCUT2D eigenvalue weighted by Crippen LogP contribution is 2.21. The Balaban J connectivity index is 2.92. The van der Waals surface area contributed by atoms with Crippen molar-refractivity contribution in [1.29, 1.82) is 0 Å². The Morgan fingerprint density at radius 1 is 1.40 bits per heavy atom. The van der Waals surface area contributed by atoms with E-state index in [4.69, 9.17) is 10.8 Å². The molecule has 2 amide bonds. The van der Waals surface area contributed by atoms with Gasteiger partial charge in [-0.3, -0.25) is 19.7 Å². The normalized spacial score (nSPS) is 11.8. The molecule has 0 fully saturated rings. The summed E-state index contributed by atoms with van der Waals surface area (Å²) in [5.41, 5.74) is 2.80. The molecule has 0 heterocycles. The molecule has 108 valence electrons. The molecule has 0 radical (unpaired) electrons. The third-order valence-electron chi connectivity index (χ3n) is 2.26. The Labute approximate surface area is 110 Å². The molecular weight excluding hydrogens is 280 g/mol. The second-order valence-corrected chi connectivity index (χ2v) is 3.67. The number of benzene rings is 1. The van der Waals surface area contributed by atoms with Crippen molar-refractivity contribution in [3.05, 3.63) is 39.4 Å². The summed E-state index contributed by atoms with van der Waals surface area (Å²) >= 11 is 0. The van der Waals surface area contributed by atoms with Crippen molar-refractivity contribution in [2.24, 2.45) is 5.73 Å². The molecule has 4 N–H and O–H groups in total. The second kappa shape index (κ2) is 6.02. The lowest BCUT2D eigenvalue weighted by atomic mass is 10.1. The van der Waals surface area contributed by atoms with Gasteiger partial charge in [-0.2, -0.15) is 4.39 Å². The van der Waals surface area contributed by atoms with Crippen LogP contribution in [0.3, 0.4) is 0 Å². The van der Waals surface area contributed by atoms with Crippen molar-refractivity contribution in [2.75, 3.05) is 6.54 Å². The number of nitrogens with one attached hydrogen (secondary N) is 1. The first-order valence-corrected chi connectivity index (χ1v) is 5.13. The zero-order chi connectivity index (χ0) is 15.4. The van der Waals surface area contributed by atoms with Crippen LogP contribution in [0.5, 0.6) is 0 Å². The predicted molar refractivity (Wildman–Crippen MR) is 60.5 cm³/mol. The van der Waals surface area contributed by atoms with E-state index >= 15 is 0 Å². The first-order valence-electron chi connectivity index (χ1n) is 5.13. The number of primary amides is 1. The molecule has 10 heteroatoms. The lowest BCUT2D eigenvalue weighted by molar-refractivity contribution is -0.387. The summed E-state index contributed by atoms with van der Waals surface area (Å²) in [6.07, 6.45) is -1.69. The maximum Gasteiger partial charge on any atom is 0.307 e. The highest BCUT2D eigenvalue weighted by Gasteiger charge is 2.22. The number of aliphatic hydroxyl groups excluding tert-OH is 1. The fourth-order valence-corrected chi connectivity index (χ4v) is 1.24. The molecule has 0 saturated heterocycles. The van der Waals surface area contributed by atoms with E-state index in [1.165, 1.54) is 0 Å². The first-order chi connectivity index (χ1) is 9.23. The molecule has 8 nitrogen and oxygen atoms in total. The lowest BCUT2D eigenvalue weighted by Crippen LogP contribution is -2.40. The third-order valence-corrected chi connectivity index (χ3v) is 2.26. The number of halogens is 2. The average molecular weight is 289 g/mol. The van der Waals surface area contributed by atoms with Crippen molar-refractivity contribution in [3.63, 3.8) is 0 Å². The Hall–Kier alpha value is -2.62. The maximum atomic E-state index is 13.4. The van der Waals surface area contributed by atoms with E-state index in [2.05, 4.69) is 0 Å². The van der Waals surface area contributed by atoms with Gasteiger partial charge in [0, 0.05) is 0 Å². The molecule has 20 heavy (non-hydrogen) atoms. The Kier molecular flexibility index (Phi) is 4.64. The van der Waals surface area contributed by atoms with Crippen LogP contribution in [-0.4, -0.2) is 34.5 Å². The van der Waals surface area contributed by atoms with E-state index in [-0.39, 0.29) is 6.07 Å². The van der Waals surface area contributed by atoms with Crippen LogP contribution in [0.25, 0.3) is 0 Å². The van der Waals surface area contributed by atoms with Gasteiger partial charge in [-0.05, 0) is 6.07 Å². The maximum absolute atomic E-state index is 13.4. The zero-order valence-corrected chi connectivity index (χ0v) is 9.80. The van der Waals surface area contributed by atoms with Gasteiger partial charge < -0.3 is 16.2 Å². The highest BCUT2D eigenvalue weighted by atomic mass is 19.1. The summed E-state index contributed by atoms with van der Waals surface area (Å²) in [6.45, 7) is -0.605. The number of rotatable bonds is 5. The fraction of sp³-hybridized carbons (Fsp3) is 0.200. The van der Waals surface area contributed by atoms with Crippen molar-refractivity contribution in [2.45, 2.75) is 6.10 Å². The number of hydrogen-bond donors (Lipinski definition) is 3. The lowest BCUT2D eigenvalue weighted by Gasteiger charge is -2.09. The number of carbonyl (C=O) groups excluding carboxylic acids is 2. The van der Waals surface area contributed by atoms with E-state index in [9.17, 15) is 28.5 Å². The summed E-state index contributed by atoms with van der Waals surface area (Å²) in [6, 6.07) is 0.605. The number of amides is 2. The molecule has 0 saturated carbocycles. The van der Waals surface area contributed by atoms with Gasteiger partial charge in [-0.25, -0.2) is 4.39 Å². The number of carbonyl (C=O) groups is 2. The average Bonchev–Trinajstić information content (AvgIpc) is 2.37. The van der Waals surface area contributed by atoms with Crippen LogP contribution in [-0.2, 0) is 4.79 Å². The molecule has 1 aromatic rings. The van der Waals surface area contributed by atoms with Crippen LogP contribution in [0.4, 0.5) is 14.5 Å². The van der Waals surface area contributed by atoms with E-state index in [1.54, 1.807) is 0 Å². The van der Waals surface area contributed by atoms with Gasteiger partial charge in [-0.1, -0.05) is 0 Å². The van der Waals surface area contributed by atoms with Crippen molar-refractivity contribution < 1.29 is 28.4 Å². The molecule has 0 aliphatic heterocycles. The summed E-state index contributed by atoms with van der Waals surface area (Å²) in [5.74, 6) is -4.97. The number of hydrogen-bond acceptors (Lipinski definition) is 5. The topological polar surface area (TPSA) is 136 Å². The number of nitro groups is 1. The monoisotopic (exact) mass is 289 g/mol. The van der Waals surface area contributed by atoms with Crippen LogP contribution < -0.4 is 11.1 Å². The Morgan fingerprint density at radius 2 is 2.00 bits per heavy atom. The molecular formula is C10H9F2N3O5. The molecule has 0 aliphatic carbocycles. The molecule has 0 bridgehead atoms. The summed E-state index contributed by atoms with van der Waals surface area (Å²) < 4.78 is 26.7. The largest absolute Gasteiger partial charge is 0.381 e. The van der Waals surface area contributed by atoms with Gasteiger partial charge in [-0.15, -0.1) is 0 Å². The molecule has 1 aromatic carbocycles. The van der Waals surface area contributed by atoms with Gasteiger partial charge in [0.1, 0.15) is 11.9 Å². The predicted octanol–water partition coefficient (Wildman–Crippen LogP) is -0.551. The van der Waals surface area contributed by atoms with Crippen molar-refractivity contribution in [1.82, 2.24) is 5.32 Å². The number of nitro benzene ring substituents is 1. The first kappa shape index (κ1) is 15.4. The fourth-order valence-electron chi connectivity index (χ4n) is 1.24. The Morgan fingerprint density at radius 3 is 2.50 bits per heavy atom. The SMILES string of the molecule is NC(=O)C(O)CNC(=O)c1cc(F)c([N+](=O)[O-])cc1F. The van der Waals surface area contributed by atoms with E-state index < -0.39 is 52.3 Å². The molecule has 1 rings (SSSR count). The van der Waals surface area contributed by atoms with Gasteiger partial charge in [0.05, 0.1) is 23.1 Å². The minimum atomic E-state index is -1.69. The van der Waals surface area contributed by atoms with Crippen molar-refractivity contribution >= 4 is 17.5 Å². The van der Waals surface area contributed by atoms with Crippen LogP contribution in [0.1, 0.15) is 10.4 Å². The minimum Gasteiger partial charge on any atom is -0.381 e. The molecule has 1 unspecified atom stereocenters. The minimum absolute atomic E-state index is 0.259. The van der Waals surface area contributed by atoms with Crippen molar-refractivity contribution in [3.8, 4) is 0 Å².